The van der Waals surface area contributed by atoms with Crippen molar-refractivity contribution in [1.82, 2.24) is 20.2 Å². The van der Waals surface area contributed by atoms with Gasteiger partial charge in [0.2, 0.25) is 5.95 Å². The van der Waals surface area contributed by atoms with E-state index < -0.39 is 6.61 Å². The third-order valence-corrected chi connectivity index (χ3v) is 4.24. The van der Waals surface area contributed by atoms with E-state index in [1.807, 2.05) is 30.3 Å². The molecule has 6 nitrogen and oxygen atoms in total. The number of ether oxygens (including phenoxy) is 1. The molecule has 2 aromatic carbocycles. The van der Waals surface area contributed by atoms with Gasteiger partial charge in [0.1, 0.15) is 5.75 Å². The highest BCUT2D eigenvalue weighted by Gasteiger charge is 2.30. The molecule has 25 heavy (non-hydrogen) atoms. The zero-order chi connectivity index (χ0) is 17.2. The monoisotopic (exact) mass is 343 g/mol. The molecule has 0 saturated carbocycles. The summed E-state index contributed by atoms with van der Waals surface area (Å²) in [6, 6.07) is 16.6. The fraction of sp³-hybridized carbons (Fsp3) is 0.235. The van der Waals surface area contributed by atoms with Gasteiger partial charge in [0.05, 0.1) is 12.1 Å². The number of hydrogen-bond acceptors (Lipinski definition) is 5. The molecule has 0 fully saturated rings. The predicted octanol–water partition coefficient (Wildman–Crippen LogP) is 3.42. The van der Waals surface area contributed by atoms with E-state index in [1.165, 1.54) is 12.1 Å². The highest BCUT2D eigenvalue weighted by atomic mass is 19.3. The van der Waals surface area contributed by atoms with E-state index in [-0.39, 0.29) is 17.8 Å². The van der Waals surface area contributed by atoms with Gasteiger partial charge in [-0.3, -0.25) is 0 Å². The van der Waals surface area contributed by atoms with Crippen LogP contribution in [0.4, 0.5) is 14.7 Å². The summed E-state index contributed by atoms with van der Waals surface area (Å²) in [7, 11) is 0. The van der Waals surface area contributed by atoms with Crippen LogP contribution in [0.15, 0.2) is 54.6 Å². The molecule has 128 valence electrons. The van der Waals surface area contributed by atoms with Crippen molar-refractivity contribution in [1.29, 1.82) is 0 Å². The minimum atomic E-state index is -2.83. The summed E-state index contributed by atoms with van der Waals surface area (Å²) in [6.45, 7) is -2.83. The Hall–Kier alpha value is -3.03. The van der Waals surface area contributed by atoms with Crippen LogP contribution in [-0.4, -0.2) is 26.8 Å². The second-order valence-electron chi connectivity index (χ2n) is 5.75. The predicted molar refractivity (Wildman–Crippen MR) is 86.5 cm³/mol. The van der Waals surface area contributed by atoms with Crippen molar-refractivity contribution >= 4 is 5.95 Å². The van der Waals surface area contributed by atoms with Crippen molar-refractivity contribution in [2.75, 3.05) is 5.32 Å². The van der Waals surface area contributed by atoms with Crippen LogP contribution in [0.2, 0.25) is 0 Å². The summed E-state index contributed by atoms with van der Waals surface area (Å²) in [5.74, 6) is 0.710. The Morgan fingerprint density at radius 1 is 1.04 bits per heavy atom. The quantitative estimate of drug-likeness (QED) is 0.786. The molecule has 0 bridgehead atoms. The zero-order valence-corrected chi connectivity index (χ0v) is 13.1. The minimum Gasteiger partial charge on any atom is -0.435 e. The van der Waals surface area contributed by atoms with Crippen LogP contribution in [0.3, 0.4) is 0 Å². The molecule has 3 aromatic rings. The normalized spacial score (nSPS) is 19.3. The number of hydrogen-bond donors (Lipinski definition) is 1. The van der Waals surface area contributed by atoms with Gasteiger partial charge < -0.3 is 10.1 Å². The third kappa shape index (κ3) is 3.15. The van der Waals surface area contributed by atoms with Crippen LogP contribution in [0, 0.1) is 0 Å². The van der Waals surface area contributed by atoms with Gasteiger partial charge >= 0.3 is 6.61 Å². The Kier molecular flexibility index (Phi) is 4.01. The topological polar surface area (TPSA) is 64.9 Å². The van der Waals surface area contributed by atoms with Crippen LogP contribution >= 0.6 is 0 Å². The Morgan fingerprint density at radius 3 is 2.52 bits per heavy atom. The number of benzene rings is 2. The molecule has 0 radical (unpaired) electrons. The largest absolute Gasteiger partial charge is 0.435 e. The van der Waals surface area contributed by atoms with E-state index in [0.29, 0.717) is 5.95 Å². The van der Waals surface area contributed by atoms with Crippen molar-refractivity contribution in [2.24, 2.45) is 0 Å². The zero-order valence-electron chi connectivity index (χ0n) is 13.1. The molecule has 0 aliphatic carbocycles. The molecule has 4 rings (SSSR count). The number of aromatic nitrogens is 4. The van der Waals surface area contributed by atoms with Gasteiger partial charge in [0, 0.05) is 0 Å². The van der Waals surface area contributed by atoms with Crippen molar-refractivity contribution < 1.29 is 13.5 Å². The van der Waals surface area contributed by atoms with Crippen molar-refractivity contribution in [3.8, 4) is 5.75 Å². The molecule has 0 amide bonds. The lowest BCUT2D eigenvalue weighted by atomic mass is 9.93. The lowest BCUT2D eigenvalue weighted by Crippen LogP contribution is -2.28. The van der Waals surface area contributed by atoms with E-state index in [2.05, 4.69) is 25.6 Å². The minimum absolute atomic E-state index is 0.0571. The lowest BCUT2D eigenvalue weighted by molar-refractivity contribution is -0.0498. The fourth-order valence-electron chi connectivity index (χ4n) is 3.09. The first-order chi connectivity index (χ1) is 12.2. The van der Waals surface area contributed by atoms with Gasteiger partial charge in [-0.15, -0.1) is 0 Å². The maximum Gasteiger partial charge on any atom is 0.387 e. The van der Waals surface area contributed by atoms with Crippen molar-refractivity contribution in [3.63, 3.8) is 0 Å². The molecule has 8 heteroatoms. The third-order valence-electron chi connectivity index (χ3n) is 4.24. The van der Waals surface area contributed by atoms with Gasteiger partial charge in [-0.1, -0.05) is 47.6 Å². The summed E-state index contributed by atoms with van der Waals surface area (Å²) in [6.07, 6.45) is 0.733. The number of tetrazole rings is 1. The SMILES string of the molecule is FC(F)Oc1ccc(C2CC(c3ccccc3)Nc3nnnn32)cc1. The van der Waals surface area contributed by atoms with Gasteiger partial charge in [0.15, 0.2) is 0 Å². The van der Waals surface area contributed by atoms with E-state index in [4.69, 9.17) is 0 Å². The summed E-state index contributed by atoms with van der Waals surface area (Å²) in [4.78, 5) is 0. The highest BCUT2D eigenvalue weighted by Crippen LogP contribution is 2.37. The van der Waals surface area contributed by atoms with Crippen molar-refractivity contribution in [3.05, 3.63) is 65.7 Å². The standard InChI is InChI=1S/C17H15F2N5O/c18-16(19)25-13-8-6-12(7-9-13)15-10-14(11-4-2-1-3-5-11)20-17-21-22-23-24(15)17/h1-9,14-16H,10H2,(H,20,21,23). The van der Waals surface area contributed by atoms with E-state index in [1.54, 1.807) is 16.8 Å². The number of rotatable bonds is 4. The second-order valence-corrected chi connectivity index (χ2v) is 5.75. The Morgan fingerprint density at radius 2 is 1.80 bits per heavy atom. The Bertz CT molecular complexity index is 838. The molecule has 2 unspecified atom stereocenters. The Balaban J connectivity index is 1.64. The molecule has 0 spiro atoms. The number of anilines is 1. The van der Waals surface area contributed by atoms with E-state index in [0.717, 1.165) is 17.5 Å². The van der Waals surface area contributed by atoms with Gasteiger partial charge in [-0.25, -0.2) is 4.68 Å². The molecule has 2 atom stereocenters. The number of nitrogens with zero attached hydrogens (tertiary/aromatic N) is 4. The molecule has 1 aliphatic heterocycles. The number of alkyl halides is 2. The summed E-state index contributed by atoms with van der Waals surface area (Å²) in [5, 5.41) is 15.2. The molecular formula is C17H15F2N5O. The first-order valence-corrected chi connectivity index (χ1v) is 7.85. The van der Waals surface area contributed by atoms with Crippen molar-refractivity contribution in [2.45, 2.75) is 25.1 Å². The summed E-state index contributed by atoms with van der Waals surface area (Å²) < 4.78 is 30.7. The number of halogens is 2. The first kappa shape index (κ1) is 15.5. The maximum atomic E-state index is 12.3. The van der Waals surface area contributed by atoms with E-state index in [9.17, 15) is 8.78 Å². The maximum absolute atomic E-state index is 12.3. The summed E-state index contributed by atoms with van der Waals surface area (Å²) in [5.41, 5.74) is 2.07. The highest BCUT2D eigenvalue weighted by molar-refractivity contribution is 5.38. The average molecular weight is 343 g/mol. The molecular weight excluding hydrogens is 328 g/mol. The van der Waals surface area contributed by atoms with Crippen LogP contribution in [0.25, 0.3) is 0 Å². The molecule has 1 N–H and O–H groups in total. The molecule has 2 heterocycles. The summed E-state index contributed by atoms with van der Waals surface area (Å²) >= 11 is 0. The van der Waals surface area contributed by atoms with Gasteiger partial charge in [-0.05, 0) is 40.1 Å². The smallest absolute Gasteiger partial charge is 0.387 e. The molecule has 1 aliphatic rings. The average Bonchev–Trinajstić information content (AvgIpc) is 3.10. The van der Waals surface area contributed by atoms with Gasteiger partial charge in [-0.2, -0.15) is 8.78 Å². The van der Waals surface area contributed by atoms with Crippen LogP contribution < -0.4 is 10.1 Å². The van der Waals surface area contributed by atoms with Crippen LogP contribution in [0.5, 0.6) is 5.75 Å². The van der Waals surface area contributed by atoms with Crippen LogP contribution in [-0.2, 0) is 0 Å². The second kappa shape index (κ2) is 6.46. The van der Waals surface area contributed by atoms with E-state index >= 15 is 0 Å². The molecule has 1 aromatic heterocycles. The first-order valence-electron chi connectivity index (χ1n) is 7.85. The molecule has 0 saturated heterocycles. The Labute approximate surface area is 142 Å². The van der Waals surface area contributed by atoms with Crippen LogP contribution in [0.1, 0.15) is 29.6 Å². The lowest BCUT2D eigenvalue weighted by Gasteiger charge is -2.31. The van der Waals surface area contributed by atoms with Gasteiger partial charge in [0.25, 0.3) is 0 Å². The number of fused-ring (bicyclic) bond motifs is 1. The fourth-order valence-corrected chi connectivity index (χ4v) is 3.09. The number of nitrogens with one attached hydrogen (secondary N) is 1.